The predicted molar refractivity (Wildman–Crippen MR) is 101 cm³/mol. The summed E-state index contributed by atoms with van der Waals surface area (Å²) in [6.45, 7) is 3.50. The van der Waals surface area contributed by atoms with Gasteiger partial charge in [-0.25, -0.2) is 4.39 Å². The van der Waals surface area contributed by atoms with Crippen molar-refractivity contribution in [2.75, 3.05) is 0 Å². The fraction of sp³-hybridized carbons (Fsp3) is 0.591. The zero-order valence-corrected chi connectivity index (χ0v) is 16.1. The third-order valence-corrected chi connectivity index (χ3v) is 6.12. The molecule has 1 aliphatic heterocycles. The maximum atomic E-state index is 13.8. The Morgan fingerprint density at radius 2 is 2.00 bits per heavy atom. The van der Waals surface area contributed by atoms with Gasteiger partial charge in [0, 0.05) is 18.3 Å². The van der Waals surface area contributed by atoms with Crippen molar-refractivity contribution in [3.8, 4) is 0 Å². The second-order valence-corrected chi connectivity index (χ2v) is 7.96. The molecule has 1 amide bonds. The Kier molecular flexibility index (Phi) is 6.08. The van der Waals surface area contributed by atoms with Crippen molar-refractivity contribution in [2.45, 2.75) is 71.3 Å². The number of hydrogen-bond donors (Lipinski definition) is 1. The summed E-state index contributed by atoms with van der Waals surface area (Å²) in [6.07, 6.45) is 5.38. The molecular weight excluding hydrogens is 345 g/mol. The summed E-state index contributed by atoms with van der Waals surface area (Å²) in [7, 11) is 0. The normalized spacial score (nSPS) is 25.3. The quantitative estimate of drug-likeness (QED) is 0.861. The number of halogens is 1. The van der Waals surface area contributed by atoms with Gasteiger partial charge in [-0.05, 0) is 80.7 Å². The van der Waals surface area contributed by atoms with Gasteiger partial charge in [0.25, 0.3) is 0 Å². The van der Waals surface area contributed by atoms with E-state index in [1.54, 1.807) is 12.1 Å². The van der Waals surface area contributed by atoms with Crippen LogP contribution in [-0.2, 0) is 33.6 Å². The fourth-order valence-corrected chi connectivity index (χ4v) is 4.53. The largest absolute Gasteiger partial charge is 0.346 e. The molecular formula is C22H28FNO3. The average Bonchev–Trinajstić information content (AvgIpc) is 2.96. The first-order chi connectivity index (χ1) is 12.9. The first-order valence-corrected chi connectivity index (χ1v) is 10.0. The number of carbonyl (C=O) groups is 3. The van der Waals surface area contributed by atoms with Crippen LogP contribution >= 0.6 is 0 Å². The molecule has 3 rings (SSSR count). The van der Waals surface area contributed by atoms with Crippen molar-refractivity contribution < 1.29 is 18.8 Å². The van der Waals surface area contributed by atoms with Gasteiger partial charge in [0.15, 0.2) is 5.78 Å². The minimum Gasteiger partial charge on any atom is -0.346 e. The Bertz CT molecular complexity index is 758. The lowest BCUT2D eigenvalue weighted by molar-refractivity contribution is -0.129. The van der Waals surface area contributed by atoms with Gasteiger partial charge in [0.1, 0.15) is 11.6 Å². The minimum atomic E-state index is -0.443. The molecule has 3 atom stereocenters. The van der Waals surface area contributed by atoms with Crippen LogP contribution in [0.5, 0.6) is 0 Å². The molecule has 1 aromatic rings. The zero-order chi connectivity index (χ0) is 19.6. The number of aryl methyl sites for hydroxylation is 2. The summed E-state index contributed by atoms with van der Waals surface area (Å²) in [5.74, 6) is -0.723. The van der Waals surface area contributed by atoms with Crippen molar-refractivity contribution in [2.24, 2.45) is 11.8 Å². The lowest BCUT2D eigenvalue weighted by atomic mass is 9.81. The van der Waals surface area contributed by atoms with Gasteiger partial charge in [-0.2, -0.15) is 0 Å². The van der Waals surface area contributed by atoms with E-state index < -0.39 is 6.04 Å². The molecule has 146 valence electrons. The van der Waals surface area contributed by atoms with Gasteiger partial charge in [-0.1, -0.05) is 6.92 Å². The molecule has 1 unspecified atom stereocenters. The highest BCUT2D eigenvalue weighted by atomic mass is 19.1. The molecule has 1 heterocycles. The fourth-order valence-electron chi connectivity index (χ4n) is 4.53. The molecule has 0 spiro atoms. The van der Waals surface area contributed by atoms with E-state index in [2.05, 4.69) is 5.32 Å². The van der Waals surface area contributed by atoms with E-state index in [4.69, 9.17) is 0 Å². The number of carbonyl (C=O) groups excluding carboxylic acids is 3. The van der Waals surface area contributed by atoms with Gasteiger partial charge in [-0.15, -0.1) is 0 Å². The number of hydrogen-bond acceptors (Lipinski definition) is 3. The molecule has 0 bridgehead atoms. The number of benzene rings is 1. The van der Waals surface area contributed by atoms with Gasteiger partial charge in [0.2, 0.25) is 5.91 Å². The molecule has 5 heteroatoms. The van der Waals surface area contributed by atoms with Crippen LogP contribution < -0.4 is 5.32 Å². The molecule has 1 fully saturated rings. The van der Waals surface area contributed by atoms with Crippen molar-refractivity contribution in [3.05, 3.63) is 34.6 Å². The Morgan fingerprint density at radius 3 is 2.67 bits per heavy atom. The first-order valence-electron chi connectivity index (χ1n) is 10.0. The summed E-state index contributed by atoms with van der Waals surface area (Å²) < 4.78 is 13.8. The summed E-state index contributed by atoms with van der Waals surface area (Å²) in [5, 5.41) is 2.69. The molecule has 0 radical (unpaired) electrons. The van der Waals surface area contributed by atoms with Crippen LogP contribution in [-0.4, -0.2) is 23.5 Å². The Hall–Kier alpha value is -2.04. The van der Waals surface area contributed by atoms with E-state index in [1.807, 2.05) is 6.92 Å². The summed E-state index contributed by atoms with van der Waals surface area (Å²) >= 11 is 0. The molecule has 1 aromatic carbocycles. The second-order valence-electron chi connectivity index (χ2n) is 7.96. The smallest absolute Gasteiger partial charge is 0.224 e. The van der Waals surface area contributed by atoms with Crippen LogP contribution in [0, 0.1) is 17.7 Å². The van der Waals surface area contributed by atoms with Gasteiger partial charge < -0.3 is 5.32 Å². The first kappa shape index (κ1) is 19.7. The maximum absolute atomic E-state index is 13.8. The number of ketones is 2. The highest BCUT2D eigenvalue weighted by molar-refractivity contribution is 5.94. The minimum absolute atomic E-state index is 0.0554. The Labute approximate surface area is 159 Å². The topological polar surface area (TPSA) is 63.2 Å². The van der Waals surface area contributed by atoms with Crippen LogP contribution in [0.2, 0.25) is 0 Å². The van der Waals surface area contributed by atoms with Crippen LogP contribution in [0.3, 0.4) is 0 Å². The number of nitrogens with one attached hydrogen (secondary N) is 1. The SMILES string of the molecule is CCc1cc(F)cc2c1CCC(C(=O)C[C@@H]1C[C@@H](C(C)=O)NC1=O)CCC2. The van der Waals surface area contributed by atoms with E-state index in [0.29, 0.717) is 6.42 Å². The number of Topliss-reactive ketones (excluding diaryl/α,β-unsaturated/α-hetero) is 2. The van der Waals surface area contributed by atoms with Crippen molar-refractivity contribution >= 4 is 17.5 Å². The molecule has 1 aliphatic carbocycles. The van der Waals surface area contributed by atoms with E-state index in [0.717, 1.165) is 49.7 Å². The second kappa shape index (κ2) is 8.32. The lowest BCUT2D eigenvalue weighted by Gasteiger charge is -2.23. The maximum Gasteiger partial charge on any atom is 0.224 e. The third-order valence-electron chi connectivity index (χ3n) is 6.12. The molecule has 4 nitrogen and oxygen atoms in total. The van der Waals surface area contributed by atoms with Crippen LogP contribution in [0.25, 0.3) is 0 Å². The highest BCUT2D eigenvalue weighted by Gasteiger charge is 2.36. The number of fused-ring (bicyclic) bond motifs is 1. The highest BCUT2D eigenvalue weighted by Crippen LogP contribution is 2.30. The van der Waals surface area contributed by atoms with Gasteiger partial charge >= 0.3 is 0 Å². The number of amides is 1. The van der Waals surface area contributed by atoms with Gasteiger partial charge in [0.05, 0.1) is 6.04 Å². The Morgan fingerprint density at radius 1 is 1.22 bits per heavy atom. The van der Waals surface area contributed by atoms with E-state index in [1.165, 1.54) is 12.5 Å². The lowest BCUT2D eigenvalue weighted by Crippen LogP contribution is -2.31. The molecule has 1 saturated heterocycles. The third kappa shape index (κ3) is 4.45. The van der Waals surface area contributed by atoms with Crippen molar-refractivity contribution in [1.29, 1.82) is 0 Å². The van der Waals surface area contributed by atoms with Crippen LogP contribution in [0.4, 0.5) is 4.39 Å². The molecule has 27 heavy (non-hydrogen) atoms. The average molecular weight is 373 g/mol. The molecule has 0 aromatic heterocycles. The van der Waals surface area contributed by atoms with Crippen molar-refractivity contribution in [1.82, 2.24) is 5.32 Å². The monoisotopic (exact) mass is 373 g/mol. The summed E-state index contributed by atoms with van der Waals surface area (Å²) in [5.41, 5.74) is 3.32. The van der Waals surface area contributed by atoms with Gasteiger partial charge in [-0.3, -0.25) is 14.4 Å². The molecule has 1 N–H and O–H groups in total. The standard InChI is InChI=1S/C22H28FNO3/c1-3-14-9-18(23)10-16-6-4-5-15(7-8-19(14)16)21(26)12-17-11-20(13(2)25)24-22(17)27/h9-10,15,17,20H,3-8,11-12H2,1-2H3,(H,24,27)/t15?,17-,20-/m0/s1. The zero-order valence-electron chi connectivity index (χ0n) is 16.1. The molecule has 2 aliphatic rings. The van der Waals surface area contributed by atoms with E-state index in [9.17, 15) is 18.8 Å². The summed E-state index contributed by atoms with van der Waals surface area (Å²) in [4.78, 5) is 36.4. The van der Waals surface area contributed by atoms with Crippen LogP contribution in [0.1, 0.15) is 62.6 Å². The van der Waals surface area contributed by atoms with E-state index in [-0.39, 0.29) is 41.5 Å². The summed E-state index contributed by atoms with van der Waals surface area (Å²) in [6, 6.07) is 2.81. The van der Waals surface area contributed by atoms with E-state index >= 15 is 0 Å². The Balaban J connectivity index is 1.66. The van der Waals surface area contributed by atoms with Crippen LogP contribution in [0.15, 0.2) is 12.1 Å². The number of rotatable bonds is 5. The van der Waals surface area contributed by atoms with Crippen molar-refractivity contribution in [3.63, 3.8) is 0 Å². The predicted octanol–water partition coefficient (Wildman–Crippen LogP) is 3.33. The molecule has 0 saturated carbocycles.